The Morgan fingerprint density at radius 2 is 2.00 bits per heavy atom. The van der Waals surface area contributed by atoms with Gasteiger partial charge in [-0.25, -0.2) is 0 Å². The van der Waals surface area contributed by atoms with Crippen LogP contribution >= 0.6 is 11.6 Å². The number of rotatable bonds is 3. The molecule has 1 aromatic carbocycles. The molecule has 2 rings (SSSR count). The average molecular weight is 310 g/mol. The van der Waals surface area contributed by atoms with Gasteiger partial charge in [0.25, 0.3) is 0 Å². The Morgan fingerprint density at radius 1 is 1.38 bits per heavy atom. The fraction of sp³-hybridized carbons (Fsp3) is 0.562. The van der Waals surface area contributed by atoms with Crippen LogP contribution in [0.1, 0.15) is 33.6 Å². The molecular weight excluding hydrogens is 286 g/mol. The minimum absolute atomic E-state index is 0.0383. The first-order valence-electron chi connectivity index (χ1n) is 7.38. The van der Waals surface area contributed by atoms with Crippen LogP contribution in [0, 0.1) is 5.41 Å². The quantitative estimate of drug-likeness (QED) is 0.842. The standard InChI is InChI=1S/C16H24ClN3O/c1-11(20-8-6-16(2,3)7-9-20)15(21)19-14-10-12(17)4-5-13(14)18/h4-5,10-11H,6-9,18H2,1-3H3,(H,19,21). The third kappa shape index (κ3) is 4.11. The van der Waals surface area contributed by atoms with Crippen LogP contribution in [-0.2, 0) is 4.79 Å². The predicted molar refractivity (Wildman–Crippen MR) is 88.5 cm³/mol. The first-order chi connectivity index (χ1) is 9.78. The normalized spacial score (nSPS) is 20.0. The van der Waals surface area contributed by atoms with Gasteiger partial charge >= 0.3 is 0 Å². The number of amides is 1. The number of anilines is 2. The SMILES string of the molecule is CC(C(=O)Nc1cc(Cl)ccc1N)N1CCC(C)(C)CC1. The molecule has 1 fully saturated rings. The number of nitrogens with two attached hydrogens (primary N) is 1. The summed E-state index contributed by atoms with van der Waals surface area (Å²) in [6, 6.07) is 4.93. The highest BCUT2D eigenvalue weighted by molar-refractivity contribution is 6.31. The van der Waals surface area contributed by atoms with Crippen LogP contribution in [0.2, 0.25) is 5.02 Å². The first-order valence-corrected chi connectivity index (χ1v) is 7.76. The van der Waals surface area contributed by atoms with Crippen LogP contribution in [0.25, 0.3) is 0 Å². The molecule has 1 aliphatic heterocycles. The van der Waals surface area contributed by atoms with E-state index in [0.29, 0.717) is 21.8 Å². The van der Waals surface area contributed by atoms with Crippen molar-refractivity contribution in [2.45, 2.75) is 39.7 Å². The molecule has 0 spiro atoms. The minimum atomic E-state index is -0.167. The summed E-state index contributed by atoms with van der Waals surface area (Å²) in [6.45, 7) is 8.40. The van der Waals surface area contributed by atoms with Crippen LogP contribution in [0.4, 0.5) is 11.4 Å². The van der Waals surface area contributed by atoms with Crippen LogP contribution in [0.5, 0.6) is 0 Å². The van der Waals surface area contributed by atoms with Gasteiger partial charge in [0.2, 0.25) is 5.91 Å². The smallest absolute Gasteiger partial charge is 0.241 e. The molecule has 1 aromatic rings. The largest absolute Gasteiger partial charge is 0.397 e. The highest BCUT2D eigenvalue weighted by Gasteiger charge is 2.30. The minimum Gasteiger partial charge on any atom is -0.397 e. The Labute approximate surface area is 131 Å². The molecule has 1 unspecified atom stereocenters. The van der Waals surface area contributed by atoms with E-state index in [4.69, 9.17) is 17.3 Å². The van der Waals surface area contributed by atoms with Crippen molar-refractivity contribution in [3.8, 4) is 0 Å². The maximum absolute atomic E-state index is 12.4. The lowest BCUT2D eigenvalue weighted by Crippen LogP contribution is -2.47. The molecular formula is C16H24ClN3O. The maximum Gasteiger partial charge on any atom is 0.241 e. The molecule has 4 nitrogen and oxygen atoms in total. The average Bonchev–Trinajstić information content (AvgIpc) is 2.42. The Balaban J connectivity index is 1.98. The number of piperidine rings is 1. The maximum atomic E-state index is 12.4. The number of carbonyl (C=O) groups excluding carboxylic acids is 1. The summed E-state index contributed by atoms with van der Waals surface area (Å²) in [7, 11) is 0. The van der Waals surface area contributed by atoms with Crippen molar-refractivity contribution in [3.05, 3.63) is 23.2 Å². The Bertz CT molecular complexity index is 520. The second-order valence-corrected chi connectivity index (χ2v) is 7.03. The first kappa shape index (κ1) is 16.1. The van der Waals surface area contributed by atoms with Crippen LogP contribution < -0.4 is 11.1 Å². The molecule has 1 atom stereocenters. The second-order valence-electron chi connectivity index (χ2n) is 6.60. The number of hydrogen-bond acceptors (Lipinski definition) is 3. The fourth-order valence-electron chi connectivity index (χ4n) is 2.56. The third-order valence-corrected chi connectivity index (χ3v) is 4.59. The number of likely N-dealkylation sites (tertiary alicyclic amines) is 1. The molecule has 0 aliphatic carbocycles. The zero-order valence-corrected chi connectivity index (χ0v) is 13.7. The number of nitrogen functional groups attached to an aromatic ring is 1. The van der Waals surface area contributed by atoms with Gasteiger partial charge in [0.1, 0.15) is 0 Å². The van der Waals surface area contributed by atoms with E-state index in [1.165, 1.54) is 0 Å². The molecule has 0 aromatic heterocycles. The summed E-state index contributed by atoms with van der Waals surface area (Å²) in [4.78, 5) is 14.6. The van der Waals surface area contributed by atoms with E-state index in [1.807, 2.05) is 6.92 Å². The summed E-state index contributed by atoms with van der Waals surface area (Å²) in [6.07, 6.45) is 2.23. The zero-order valence-electron chi connectivity index (χ0n) is 12.9. The Hall–Kier alpha value is -1.26. The molecule has 1 aliphatic rings. The van der Waals surface area contributed by atoms with Gasteiger partial charge < -0.3 is 11.1 Å². The second kappa shape index (κ2) is 6.24. The van der Waals surface area contributed by atoms with Gasteiger partial charge in [-0.15, -0.1) is 0 Å². The van der Waals surface area contributed by atoms with Crippen molar-refractivity contribution in [1.29, 1.82) is 0 Å². The van der Waals surface area contributed by atoms with E-state index >= 15 is 0 Å². The van der Waals surface area contributed by atoms with Gasteiger partial charge in [0, 0.05) is 5.02 Å². The lowest BCUT2D eigenvalue weighted by Gasteiger charge is -2.39. The van der Waals surface area contributed by atoms with E-state index in [1.54, 1.807) is 18.2 Å². The summed E-state index contributed by atoms with van der Waals surface area (Å²) in [5.74, 6) is -0.0383. The van der Waals surface area contributed by atoms with Crippen molar-refractivity contribution >= 4 is 28.9 Å². The van der Waals surface area contributed by atoms with E-state index in [2.05, 4.69) is 24.1 Å². The number of nitrogens with zero attached hydrogens (tertiary/aromatic N) is 1. The number of benzene rings is 1. The van der Waals surface area contributed by atoms with E-state index < -0.39 is 0 Å². The highest BCUT2D eigenvalue weighted by Crippen LogP contribution is 2.31. The number of hydrogen-bond donors (Lipinski definition) is 2. The van der Waals surface area contributed by atoms with Crippen molar-refractivity contribution in [1.82, 2.24) is 4.90 Å². The van der Waals surface area contributed by atoms with E-state index in [-0.39, 0.29) is 11.9 Å². The number of halogens is 1. The Kier molecular flexibility index (Phi) is 4.79. The highest BCUT2D eigenvalue weighted by atomic mass is 35.5. The van der Waals surface area contributed by atoms with Gasteiger partial charge in [-0.1, -0.05) is 25.4 Å². The number of carbonyl (C=O) groups is 1. The fourth-order valence-corrected chi connectivity index (χ4v) is 2.73. The molecule has 5 heteroatoms. The van der Waals surface area contributed by atoms with Crippen molar-refractivity contribution < 1.29 is 4.79 Å². The molecule has 116 valence electrons. The zero-order chi connectivity index (χ0) is 15.6. The van der Waals surface area contributed by atoms with Gasteiger partial charge in [-0.3, -0.25) is 9.69 Å². The summed E-state index contributed by atoms with van der Waals surface area (Å²) >= 11 is 5.94. The van der Waals surface area contributed by atoms with Gasteiger partial charge in [0.05, 0.1) is 17.4 Å². The van der Waals surface area contributed by atoms with Gasteiger partial charge in [-0.05, 0) is 56.5 Å². The topological polar surface area (TPSA) is 58.4 Å². The number of nitrogens with one attached hydrogen (secondary N) is 1. The third-order valence-electron chi connectivity index (χ3n) is 4.35. The molecule has 21 heavy (non-hydrogen) atoms. The molecule has 0 saturated carbocycles. The van der Waals surface area contributed by atoms with E-state index in [9.17, 15) is 4.79 Å². The van der Waals surface area contributed by atoms with Gasteiger partial charge in [-0.2, -0.15) is 0 Å². The molecule has 1 saturated heterocycles. The molecule has 0 radical (unpaired) electrons. The summed E-state index contributed by atoms with van der Waals surface area (Å²) in [5, 5.41) is 3.44. The van der Waals surface area contributed by atoms with Crippen LogP contribution in [0.3, 0.4) is 0 Å². The predicted octanol–water partition coefficient (Wildman–Crippen LogP) is 3.37. The van der Waals surface area contributed by atoms with Crippen molar-refractivity contribution in [2.75, 3.05) is 24.1 Å². The Morgan fingerprint density at radius 3 is 2.62 bits per heavy atom. The van der Waals surface area contributed by atoms with Crippen LogP contribution in [0.15, 0.2) is 18.2 Å². The summed E-state index contributed by atoms with van der Waals surface area (Å²) in [5.41, 5.74) is 7.35. The summed E-state index contributed by atoms with van der Waals surface area (Å²) < 4.78 is 0. The van der Waals surface area contributed by atoms with Crippen molar-refractivity contribution in [2.24, 2.45) is 5.41 Å². The lowest BCUT2D eigenvalue weighted by molar-refractivity contribution is -0.121. The van der Waals surface area contributed by atoms with Crippen molar-refractivity contribution in [3.63, 3.8) is 0 Å². The van der Waals surface area contributed by atoms with Gasteiger partial charge in [0.15, 0.2) is 0 Å². The van der Waals surface area contributed by atoms with E-state index in [0.717, 1.165) is 25.9 Å². The molecule has 0 bridgehead atoms. The lowest BCUT2D eigenvalue weighted by atomic mass is 9.82. The molecule has 1 amide bonds. The van der Waals surface area contributed by atoms with Crippen LogP contribution in [-0.4, -0.2) is 29.9 Å². The molecule has 1 heterocycles. The monoisotopic (exact) mass is 309 g/mol. The molecule has 3 N–H and O–H groups in total.